The Morgan fingerprint density at radius 1 is 1.50 bits per heavy atom. The summed E-state index contributed by atoms with van der Waals surface area (Å²) in [6, 6.07) is 0.235. The van der Waals surface area contributed by atoms with Crippen molar-refractivity contribution in [2.24, 2.45) is 5.73 Å². The standard InChI is InChI=1S/C11H18N8O/c1-8(2)19-10(14-7-15-19)6-18-5-9(16-17-18)4-13-11(20)3-12/h5,7-8H,3-4,6,12H2,1-2H3,(H,13,20). The quantitative estimate of drug-likeness (QED) is 0.705. The molecular weight excluding hydrogens is 260 g/mol. The van der Waals surface area contributed by atoms with Crippen molar-refractivity contribution in [3.8, 4) is 0 Å². The smallest absolute Gasteiger partial charge is 0.234 e. The number of aromatic nitrogens is 6. The normalized spacial score (nSPS) is 11.0. The molecule has 20 heavy (non-hydrogen) atoms. The van der Waals surface area contributed by atoms with Gasteiger partial charge in [-0.05, 0) is 13.8 Å². The van der Waals surface area contributed by atoms with E-state index in [2.05, 4.69) is 25.7 Å². The number of nitrogens with one attached hydrogen (secondary N) is 1. The molecule has 0 atom stereocenters. The molecule has 0 fully saturated rings. The number of nitrogens with zero attached hydrogens (tertiary/aromatic N) is 6. The molecular formula is C11H18N8O. The van der Waals surface area contributed by atoms with E-state index < -0.39 is 0 Å². The minimum Gasteiger partial charge on any atom is -0.349 e. The number of rotatable bonds is 6. The van der Waals surface area contributed by atoms with Crippen LogP contribution in [0, 0.1) is 0 Å². The molecule has 2 aromatic heterocycles. The Kier molecular flexibility index (Phi) is 4.41. The number of amides is 1. The van der Waals surface area contributed by atoms with Crippen LogP contribution in [0.5, 0.6) is 0 Å². The van der Waals surface area contributed by atoms with Gasteiger partial charge >= 0.3 is 0 Å². The van der Waals surface area contributed by atoms with Crippen LogP contribution in [0.15, 0.2) is 12.5 Å². The van der Waals surface area contributed by atoms with Gasteiger partial charge in [-0.25, -0.2) is 14.3 Å². The lowest BCUT2D eigenvalue weighted by Gasteiger charge is -2.08. The van der Waals surface area contributed by atoms with Crippen molar-refractivity contribution < 1.29 is 4.79 Å². The predicted octanol–water partition coefficient (Wildman–Crippen LogP) is -0.926. The third-order valence-corrected chi connectivity index (χ3v) is 2.68. The van der Waals surface area contributed by atoms with Crippen LogP contribution < -0.4 is 11.1 Å². The highest BCUT2D eigenvalue weighted by Gasteiger charge is 2.10. The third kappa shape index (κ3) is 3.38. The minimum absolute atomic E-state index is 0.0361. The summed E-state index contributed by atoms with van der Waals surface area (Å²) >= 11 is 0. The first kappa shape index (κ1) is 14.1. The maximum absolute atomic E-state index is 11.1. The average Bonchev–Trinajstić information content (AvgIpc) is 3.05. The third-order valence-electron chi connectivity index (χ3n) is 2.68. The average molecular weight is 278 g/mol. The number of nitrogens with two attached hydrogens (primary N) is 1. The highest BCUT2D eigenvalue weighted by atomic mass is 16.1. The van der Waals surface area contributed by atoms with Crippen LogP contribution >= 0.6 is 0 Å². The Morgan fingerprint density at radius 2 is 2.30 bits per heavy atom. The molecule has 3 N–H and O–H groups in total. The Hall–Kier alpha value is -2.29. The fourth-order valence-electron chi connectivity index (χ4n) is 1.72. The summed E-state index contributed by atoms with van der Waals surface area (Å²) in [4.78, 5) is 15.3. The summed E-state index contributed by atoms with van der Waals surface area (Å²) in [5.41, 5.74) is 5.87. The molecule has 0 saturated carbocycles. The van der Waals surface area contributed by atoms with Crippen LogP contribution in [0.4, 0.5) is 0 Å². The molecule has 2 heterocycles. The van der Waals surface area contributed by atoms with Crippen molar-refractivity contribution >= 4 is 5.91 Å². The van der Waals surface area contributed by atoms with E-state index in [1.165, 1.54) is 6.33 Å². The fraction of sp³-hybridized carbons (Fsp3) is 0.545. The zero-order valence-electron chi connectivity index (χ0n) is 11.5. The second-order valence-corrected chi connectivity index (χ2v) is 4.60. The summed E-state index contributed by atoms with van der Waals surface area (Å²) in [5.74, 6) is 0.585. The SMILES string of the molecule is CC(C)n1ncnc1Cn1cc(CNC(=O)CN)nn1. The van der Waals surface area contributed by atoms with E-state index in [0.717, 1.165) is 5.82 Å². The van der Waals surface area contributed by atoms with Gasteiger partial charge < -0.3 is 11.1 Å². The van der Waals surface area contributed by atoms with E-state index in [-0.39, 0.29) is 18.5 Å². The number of carbonyl (C=O) groups excluding carboxylic acids is 1. The van der Waals surface area contributed by atoms with Crippen molar-refractivity contribution in [3.63, 3.8) is 0 Å². The number of carbonyl (C=O) groups is 1. The lowest BCUT2D eigenvalue weighted by molar-refractivity contribution is -0.119. The van der Waals surface area contributed by atoms with Crippen molar-refractivity contribution in [1.82, 2.24) is 35.1 Å². The summed E-state index contributed by atoms with van der Waals surface area (Å²) < 4.78 is 3.49. The first-order valence-electron chi connectivity index (χ1n) is 6.34. The molecule has 0 aliphatic carbocycles. The van der Waals surface area contributed by atoms with Gasteiger partial charge in [-0.15, -0.1) is 5.10 Å². The molecule has 0 unspecified atom stereocenters. The molecule has 108 valence electrons. The zero-order chi connectivity index (χ0) is 14.5. The highest BCUT2D eigenvalue weighted by molar-refractivity contribution is 5.77. The van der Waals surface area contributed by atoms with E-state index in [1.54, 1.807) is 10.9 Å². The molecule has 0 aromatic carbocycles. The van der Waals surface area contributed by atoms with Crippen LogP contribution in [0.1, 0.15) is 31.4 Å². The second-order valence-electron chi connectivity index (χ2n) is 4.60. The van der Waals surface area contributed by atoms with E-state index in [4.69, 9.17) is 5.73 Å². The highest BCUT2D eigenvalue weighted by Crippen LogP contribution is 2.06. The van der Waals surface area contributed by atoms with E-state index in [9.17, 15) is 4.79 Å². The summed E-state index contributed by atoms with van der Waals surface area (Å²) in [6.45, 7) is 4.83. The van der Waals surface area contributed by atoms with E-state index in [0.29, 0.717) is 18.8 Å². The van der Waals surface area contributed by atoms with Crippen LogP contribution in [-0.2, 0) is 17.9 Å². The predicted molar refractivity (Wildman–Crippen MR) is 70.4 cm³/mol. The maximum atomic E-state index is 11.1. The topological polar surface area (TPSA) is 117 Å². The Labute approximate surface area is 116 Å². The van der Waals surface area contributed by atoms with Crippen LogP contribution in [0.2, 0.25) is 0 Å². The molecule has 2 aromatic rings. The van der Waals surface area contributed by atoms with Gasteiger partial charge in [0, 0.05) is 6.04 Å². The zero-order valence-corrected chi connectivity index (χ0v) is 11.5. The van der Waals surface area contributed by atoms with Gasteiger partial charge in [0.1, 0.15) is 24.4 Å². The van der Waals surface area contributed by atoms with Gasteiger partial charge in [-0.2, -0.15) is 5.10 Å². The van der Waals surface area contributed by atoms with Gasteiger partial charge in [0.05, 0.1) is 19.3 Å². The Bertz CT molecular complexity index is 572. The van der Waals surface area contributed by atoms with E-state index >= 15 is 0 Å². The van der Waals surface area contributed by atoms with E-state index in [1.807, 2.05) is 18.5 Å². The molecule has 0 aliphatic heterocycles. The summed E-state index contributed by atoms with van der Waals surface area (Å²) in [7, 11) is 0. The molecule has 0 saturated heterocycles. The first-order chi connectivity index (χ1) is 9.60. The van der Waals surface area contributed by atoms with Gasteiger partial charge in [-0.1, -0.05) is 5.21 Å². The first-order valence-corrected chi connectivity index (χ1v) is 6.34. The van der Waals surface area contributed by atoms with Crippen LogP contribution in [-0.4, -0.2) is 42.2 Å². The number of hydrogen-bond donors (Lipinski definition) is 2. The molecule has 0 spiro atoms. The lowest BCUT2D eigenvalue weighted by Crippen LogP contribution is -2.29. The second kappa shape index (κ2) is 6.24. The molecule has 9 heteroatoms. The Balaban J connectivity index is 1.99. The van der Waals surface area contributed by atoms with Gasteiger partial charge in [0.25, 0.3) is 0 Å². The summed E-state index contributed by atoms with van der Waals surface area (Å²) in [5, 5.41) is 14.8. The van der Waals surface area contributed by atoms with Crippen molar-refractivity contribution in [2.75, 3.05) is 6.54 Å². The largest absolute Gasteiger partial charge is 0.349 e. The minimum atomic E-state index is -0.223. The summed E-state index contributed by atoms with van der Waals surface area (Å²) in [6.07, 6.45) is 3.28. The molecule has 2 rings (SSSR count). The van der Waals surface area contributed by atoms with Gasteiger partial charge in [0.2, 0.25) is 5.91 Å². The molecule has 0 bridgehead atoms. The molecule has 9 nitrogen and oxygen atoms in total. The van der Waals surface area contributed by atoms with Crippen LogP contribution in [0.25, 0.3) is 0 Å². The van der Waals surface area contributed by atoms with Gasteiger partial charge in [-0.3, -0.25) is 4.79 Å². The van der Waals surface area contributed by atoms with Crippen molar-refractivity contribution in [2.45, 2.75) is 33.0 Å². The van der Waals surface area contributed by atoms with Crippen molar-refractivity contribution in [3.05, 3.63) is 24.0 Å². The monoisotopic (exact) mass is 278 g/mol. The molecule has 0 radical (unpaired) electrons. The van der Waals surface area contributed by atoms with Crippen molar-refractivity contribution in [1.29, 1.82) is 0 Å². The fourth-order valence-corrected chi connectivity index (χ4v) is 1.72. The van der Waals surface area contributed by atoms with Gasteiger partial charge in [0.15, 0.2) is 0 Å². The molecule has 0 aliphatic rings. The number of hydrogen-bond acceptors (Lipinski definition) is 6. The maximum Gasteiger partial charge on any atom is 0.234 e. The van der Waals surface area contributed by atoms with Crippen LogP contribution in [0.3, 0.4) is 0 Å². The Morgan fingerprint density at radius 3 is 3.00 bits per heavy atom. The lowest BCUT2D eigenvalue weighted by atomic mass is 10.4. The molecule has 1 amide bonds.